The lowest BCUT2D eigenvalue weighted by atomic mass is 9.56. The van der Waals surface area contributed by atoms with Gasteiger partial charge in [-0.3, -0.25) is 29.0 Å². The molecule has 2 aromatic carbocycles. The van der Waals surface area contributed by atoms with Crippen molar-refractivity contribution in [2.45, 2.75) is 34.9 Å². The SMILES string of the molecule is O=C(O)c1cccc(N2C(=O)C3CC=C4C(CC5(Cl)C(=O)N(CBr)C(=O)C5(Cl)C4c4cc(OC(F)(F)F)ccc4O)C3C2=O)c1. The highest BCUT2D eigenvalue weighted by molar-refractivity contribution is 9.09. The highest BCUT2D eigenvalue weighted by Crippen LogP contribution is 2.66. The van der Waals surface area contributed by atoms with Crippen molar-refractivity contribution in [2.24, 2.45) is 17.8 Å². The quantitative estimate of drug-likeness (QED) is 0.192. The van der Waals surface area contributed by atoms with Gasteiger partial charge < -0.3 is 14.9 Å². The Morgan fingerprint density at radius 2 is 1.76 bits per heavy atom. The first-order valence-corrected chi connectivity index (χ1v) is 15.2. The molecule has 2 N–H and O–H groups in total. The fourth-order valence-corrected chi connectivity index (χ4v) is 8.51. The summed E-state index contributed by atoms with van der Waals surface area (Å²) < 4.78 is 43.5. The van der Waals surface area contributed by atoms with Gasteiger partial charge in [-0.2, -0.15) is 0 Å². The van der Waals surface area contributed by atoms with E-state index in [0.717, 1.165) is 34.1 Å². The van der Waals surface area contributed by atoms with E-state index in [-0.39, 0.29) is 34.3 Å². The molecule has 3 fully saturated rings. The van der Waals surface area contributed by atoms with E-state index >= 15 is 0 Å². The van der Waals surface area contributed by atoms with E-state index in [9.17, 15) is 47.4 Å². The average Bonchev–Trinajstić information content (AvgIpc) is 3.31. The molecule has 236 valence electrons. The minimum absolute atomic E-state index is 0.00714. The number of phenolic OH excluding ortho intramolecular Hbond substituents is 1. The summed E-state index contributed by atoms with van der Waals surface area (Å²) in [4.78, 5) is 63.7. The molecular formula is C29H20BrCl2F3N2O8. The number of nitrogens with zero attached hydrogens (tertiary/aromatic N) is 2. The first-order chi connectivity index (χ1) is 21.0. The summed E-state index contributed by atoms with van der Waals surface area (Å²) in [6.07, 6.45) is -4.06. The van der Waals surface area contributed by atoms with E-state index < -0.39 is 87.3 Å². The van der Waals surface area contributed by atoms with Gasteiger partial charge in [0.1, 0.15) is 11.5 Å². The van der Waals surface area contributed by atoms with E-state index in [4.69, 9.17) is 23.2 Å². The number of hydrogen-bond donors (Lipinski definition) is 2. The number of anilines is 1. The Morgan fingerprint density at radius 1 is 1.04 bits per heavy atom. The van der Waals surface area contributed by atoms with Gasteiger partial charge in [0.15, 0.2) is 9.75 Å². The van der Waals surface area contributed by atoms with Crippen LogP contribution in [0.3, 0.4) is 0 Å². The molecule has 45 heavy (non-hydrogen) atoms. The van der Waals surface area contributed by atoms with Gasteiger partial charge in [0.05, 0.1) is 28.5 Å². The van der Waals surface area contributed by atoms with Crippen molar-refractivity contribution in [1.29, 1.82) is 0 Å². The summed E-state index contributed by atoms with van der Waals surface area (Å²) in [5, 5.41) is 20.4. The lowest BCUT2D eigenvalue weighted by Gasteiger charge is -2.50. The van der Waals surface area contributed by atoms with E-state index in [0.29, 0.717) is 0 Å². The topological polar surface area (TPSA) is 142 Å². The third-order valence-corrected chi connectivity index (χ3v) is 10.8. The molecule has 0 spiro atoms. The number of alkyl halides is 6. The number of likely N-dealkylation sites (tertiary alicyclic amines) is 1. The summed E-state index contributed by atoms with van der Waals surface area (Å²) in [5.41, 5.74) is -0.585. The van der Waals surface area contributed by atoms with Gasteiger partial charge in [-0.15, -0.1) is 36.4 Å². The van der Waals surface area contributed by atoms with Crippen LogP contribution in [0.5, 0.6) is 11.5 Å². The Kier molecular flexibility index (Phi) is 7.29. The van der Waals surface area contributed by atoms with E-state index in [1.54, 1.807) is 0 Å². The number of benzene rings is 2. The lowest BCUT2D eigenvalue weighted by Crippen LogP contribution is -2.60. The number of halogens is 6. The van der Waals surface area contributed by atoms with Crippen LogP contribution in [0, 0.1) is 17.8 Å². The molecule has 2 aromatic rings. The van der Waals surface area contributed by atoms with E-state index in [2.05, 4.69) is 20.7 Å². The number of rotatable bonds is 5. The maximum atomic E-state index is 14.0. The lowest BCUT2D eigenvalue weighted by molar-refractivity contribution is -0.274. The van der Waals surface area contributed by atoms with Crippen LogP contribution in [0.2, 0.25) is 0 Å². The smallest absolute Gasteiger partial charge is 0.508 e. The second-order valence-corrected chi connectivity index (χ2v) is 12.9. The molecule has 10 nitrogen and oxygen atoms in total. The van der Waals surface area contributed by atoms with Crippen molar-refractivity contribution < 1.29 is 52.1 Å². The summed E-state index contributed by atoms with van der Waals surface area (Å²) >= 11 is 17.2. The average molecular weight is 732 g/mol. The number of carbonyl (C=O) groups excluding carboxylic acids is 4. The van der Waals surface area contributed by atoms with Crippen LogP contribution < -0.4 is 9.64 Å². The number of hydrogen-bond acceptors (Lipinski definition) is 7. The van der Waals surface area contributed by atoms with Crippen LogP contribution in [0.1, 0.15) is 34.7 Å². The predicted octanol–water partition coefficient (Wildman–Crippen LogP) is 4.90. The van der Waals surface area contributed by atoms with Gasteiger partial charge >= 0.3 is 12.3 Å². The Hall–Kier alpha value is -3.62. The van der Waals surface area contributed by atoms with Crippen molar-refractivity contribution in [3.63, 3.8) is 0 Å². The number of aromatic hydroxyl groups is 1. The number of carbonyl (C=O) groups is 5. The van der Waals surface area contributed by atoms with Gasteiger partial charge in [0, 0.05) is 11.5 Å². The molecule has 2 heterocycles. The maximum absolute atomic E-state index is 14.0. The number of ether oxygens (including phenoxy) is 1. The number of aromatic carboxylic acids is 1. The van der Waals surface area contributed by atoms with Crippen LogP contribution in [0.15, 0.2) is 54.1 Å². The Morgan fingerprint density at radius 3 is 2.40 bits per heavy atom. The Labute approximate surface area is 270 Å². The molecule has 0 bridgehead atoms. The highest BCUT2D eigenvalue weighted by Gasteiger charge is 2.76. The molecule has 1 saturated carbocycles. The minimum Gasteiger partial charge on any atom is -0.508 e. The Bertz CT molecular complexity index is 1740. The molecule has 2 aliphatic carbocycles. The zero-order valence-electron chi connectivity index (χ0n) is 22.6. The zero-order chi connectivity index (χ0) is 32.8. The third-order valence-electron chi connectivity index (χ3n) is 8.91. The summed E-state index contributed by atoms with van der Waals surface area (Å²) in [6, 6.07) is 7.81. The van der Waals surface area contributed by atoms with Crippen molar-refractivity contribution in [2.75, 3.05) is 10.4 Å². The molecule has 6 atom stereocenters. The van der Waals surface area contributed by atoms with Crippen molar-refractivity contribution in [3.8, 4) is 11.5 Å². The number of fused-ring (bicyclic) bond motifs is 4. The molecule has 16 heteroatoms. The fraction of sp³-hybridized carbons (Fsp3) is 0.345. The molecule has 2 saturated heterocycles. The number of carboxylic acids is 1. The molecule has 4 aliphatic rings. The second-order valence-electron chi connectivity index (χ2n) is 11.1. The number of imide groups is 2. The van der Waals surface area contributed by atoms with Crippen molar-refractivity contribution in [3.05, 3.63) is 65.2 Å². The van der Waals surface area contributed by atoms with Gasteiger partial charge in [0.25, 0.3) is 11.8 Å². The fourth-order valence-electron chi connectivity index (χ4n) is 7.09. The van der Waals surface area contributed by atoms with Crippen LogP contribution >= 0.6 is 39.1 Å². The zero-order valence-corrected chi connectivity index (χ0v) is 25.7. The summed E-state index contributed by atoms with van der Waals surface area (Å²) in [6.45, 7) is 0. The van der Waals surface area contributed by atoms with Crippen molar-refractivity contribution in [1.82, 2.24) is 4.90 Å². The number of phenols is 1. The normalized spacial score (nSPS) is 31.0. The standard InChI is InChI=1S/C29H20BrCl2F3N2O8/c30-11-36-25(43)27(31)10-18-15(21(28(27,32)26(36)44)17-9-14(4-7-19(17)38)45-29(33,34)35)5-6-16-20(18)23(40)37(22(16)39)13-3-1-2-12(8-13)24(41)42/h1-5,7-9,16,18,20-21,38H,6,10-11H2,(H,41,42). The predicted molar refractivity (Wildman–Crippen MR) is 154 cm³/mol. The van der Waals surface area contributed by atoms with Crippen LogP contribution in [-0.2, 0) is 19.2 Å². The third kappa shape index (κ3) is 4.47. The maximum Gasteiger partial charge on any atom is 0.573 e. The first kappa shape index (κ1) is 31.4. The largest absolute Gasteiger partial charge is 0.573 e. The van der Waals surface area contributed by atoms with E-state index in [1.165, 1.54) is 24.3 Å². The molecule has 0 radical (unpaired) electrons. The highest BCUT2D eigenvalue weighted by atomic mass is 79.9. The molecule has 6 rings (SSSR count). The van der Waals surface area contributed by atoms with Gasteiger partial charge in [-0.05, 0) is 55.2 Å². The molecule has 4 amide bonds. The van der Waals surface area contributed by atoms with Crippen LogP contribution in [-0.4, -0.2) is 66.3 Å². The Balaban J connectivity index is 1.52. The van der Waals surface area contributed by atoms with Crippen LogP contribution in [0.25, 0.3) is 0 Å². The minimum atomic E-state index is -5.11. The van der Waals surface area contributed by atoms with Gasteiger partial charge in [-0.1, -0.05) is 33.6 Å². The number of allylic oxidation sites excluding steroid dienone is 2. The molecule has 2 aliphatic heterocycles. The monoisotopic (exact) mass is 730 g/mol. The van der Waals surface area contributed by atoms with Crippen molar-refractivity contribution >= 4 is 74.4 Å². The molecular weight excluding hydrogens is 712 g/mol. The first-order valence-electron chi connectivity index (χ1n) is 13.3. The molecule has 6 unspecified atom stereocenters. The van der Waals surface area contributed by atoms with Gasteiger partial charge in [-0.25, -0.2) is 4.79 Å². The summed E-state index contributed by atoms with van der Waals surface area (Å²) in [5.74, 6) is -10.6. The van der Waals surface area contributed by atoms with Gasteiger partial charge in [0.2, 0.25) is 11.8 Å². The van der Waals surface area contributed by atoms with Crippen LogP contribution in [0.4, 0.5) is 18.9 Å². The summed E-state index contributed by atoms with van der Waals surface area (Å²) in [7, 11) is 0. The molecule has 0 aromatic heterocycles. The second kappa shape index (κ2) is 10.5. The van der Waals surface area contributed by atoms with E-state index in [1.807, 2.05) is 0 Å². The number of amides is 4. The number of carboxylic acid groups (broad SMARTS) is 1.